The van der Waals surface area contributed by atoms with Gasteiger partial charge >= 0.3 is 0 Å². The maximum atomic E-state index is 6.11. The molecular formula is C12H16BrN3S. The molecule has 17 heavy (non-hydrogen) atoms. The quantitative estimate of drug-likeness (QED) is 0.881. The van der Waals surface area contributed by atoms with Gasteiger partial charge in [0.25, 0.3) is 0 Å². The number of rotatable bonds is 4. The molecule has 2 rings (SSSR count). The molecule has 2 heterocycles. The van der Waals surface area contributed by atoms with Crippen LogP contribution >= 0.6 is 27.7 Å². The lowest BCUT2D eigenvalue weighted by Gasteiger charge is -2.01. The fraction of sp³-hybridized carbons (Fsp3) is 0.417. The van der Waals surface area contributed by atoms with Crippen molar-refractivity contribution in [2.75, 3.05) is 17.2 Å². The highest BCUT2D eigenvalue weighted by Gasteiger charge is 2.10. The van der Waals surface area contributed by atoms with Crippen molar-refractivity contribution < 1.29 is 0 Å². The minimum absolute atomic E-state index is 0.761. The zero-order chi connectivity index (χ0) is 12.4. The number of nitrogen functional groups attached to an aromatic ring is 1. The number of nitrogens with two attached hydrogens (primary N) is 1. The van der Waals surface area contributed by atoms with Crippen LogP contribution in [0.15, 0.2) is 16.7 Å². The van der Waals surface area contributed by atoms with Gasteiger partial charge in [0.15, 0.2) is 0 Å². The van der Waals surface area contributed by atoms with Crippen LogP contribution in [0, 0.1) is 6.92 Å². The van der Waals surface area contributed by atoms with E-state index in [0.29, 0.717) is 0 Å². The molecule has 0 aliphatic heterocycles. The minimum atomic E-state index is 0.761. The van der Waals surface area contributed by atoms with Crippen molar-refractivity contribution in [3.8, 4) is 0 Å². The Bertz CT molecular complexity index is 536. The summed E-state index contributed by atoms with van der Waals surface area (Å²) in [6, 6.07) is 2.05. The SMILES string of the molecule is CCSCCc1nc2cc(C)c(Br)cn2c1N. The molecule has 92 valence electrons. The van der Waals surface area contributed by atoms with Crippen molar-refractivity contribution in [3.05, 3.63) is 28.0 Å². The lowest BCUT2D eigenvalue weighted by atomic mass is 10.3. The molecule has 0 unspecified atom stereocenters. The van der Waals surface area contributed by atoms with Crippen molar-refractivity contribution in [2.45, 2.75) is 20.3 Å². The van der Waals surface area contributed by atoms with E-state index >= 15 is 0 Å². The first-order valence-corrected chi connectivity index (χ1v) is 7.58. The summed E-state index contributed by atoms with van der Waals surface area (Å²) in [6.07, 6.45) is 2.92. The van der Waals surface area contributed by atoms with Crippen LogP contribution in [-0.4, -0.2) is 20.9 Å². The van der Waals surface area contributed by atoms with E-state index in [9.17, 15) is 0 Å². The van der Waals surface area contributed by atoms with Crippen LogP contribution in [0.3, 0.4) is 0 Å². The Morgan fingerprint density at radius 2 is 2.29 bits per heavy atom. The van der Waals surface area contributed by atoms with Crippen molar-refractivity contribution >= 4 is 39.2 Å². The van der Waals surface area contributed by atoms with Crippen LogP contribution in [0.1, 0.15) is 18.2 Å². The summed E-state index contributed by atoms with van der Waals surface area (Å²) in [6.45, 7) is 4.22. The smallest absolute Gasteiger partial charge is 0.139 e. The number of halogens is 1. The van der Waals surface area contributed by atoms with Crippen LogP contribution in [0.2, 0.25) is 0 Å². The van der Waals surface area contributed by atoms with Gasteiger partial charge in [-0.1, -0.05) is 6.92 Å². The summed E-state index contributed by atoms with van der Waals surface area (Å²) < 4.78 is 3.01. The third kappa shape index (κ3) is 2.60. The Hall–Kier alpha value is -0.680. The Morgan fingerprint density at radius 1 is 1.53 bits per heavy atom. The first kappa shape index (κ1) is 12.8. The highest BCUT2D eigenvalue weighted by molar-refractivity contribution is 9.10. The molecule has 0 amide bonds. The predicted octanol–water partition coefficient (Wildman–Crippen LogP) is 3.28. The second-order valence-electron chi connectivity index (χ2n) is 3.92. The van der Waals surface area contributed by atoms with Gasteiger partial charge in [-0.05, 0) is 46.0 Å². The van der Waals surface area contributed by atoms with Crippen LogP contribution < -0.4 is 5.73 Å². The third-order valence-electron chi connectivity index (χ3n) is 2.70. The Balaban J connectivity index is 2.35. The van der Waals surface area contributed by atoms with E-state index in [1.807, 2.05) is 22.4 Å². The molecule has 0 aliphatic carbocycles. The molecule has 0 fully saturated rings. The van der Waals surface area contributed by atoms with Crippen LogP contribution in [0.25, 0.3) is 5.65 Å². The average molecular weight is 314 g/mol. The first-order chi connectivity index (χ1) is 8.13. The fourth-order valence-electron chi connectivity index (χ4n) is 1.72. The van der Waals surface area contributed by atoms with Gasteiger partial charge in [-0.3, -0.25) is 4.40 Å². The van der Waals surface area contributed by atoms with Gasteiger partial charge in [0, 0.05) is 17.1 Å². The normalized spacial score (nSPS) is 11.2. The summed E-state index contributed by atoms with van der Waals surface area (Å²) in [7, 11) is 0. The van der Waals surface area contributed by atoms with Gasteiger partial charge in [0.2, 0.25) is 0 Å². The van der Waals surface area contributed by atoms with E-state index < -0.39 is 0 Å². The molecule has 0 bridgehead atoms. The van der Waals surface area contributed by atoms with Gasteiger partial charge in [-0.15, -0.1) is 0 Å². The fourth-order valence-corrected chi connectivity index (χ4v) is 2.67. The molecular weight excluding hydrogens is 298 g/mol. The van der Waals surface area contributed by atoms with Crippen molar-refractivity contribution in [1.29, 1.82) is 0 Å². The zero-order valence-corrected chi connectivity index (χ0v) is 12.4. The number of aromatic nitrogens is 2. The summed E-state index contributed by atoms with van der Waals surface area (Å²) in [5.74, 6) is 2.97. The molecule has 0 saturated carbocycles. The largest absolute Gasteiger partial charge is 0.383 e. The van der Waals surface area contributed by atoms with E-state index in [2.05, 4.69) is 40.8 Å². The Labute approximate surface area is 114 Å². The minimum Gasteiger partial charge on any atom is -0.383 e. The van der Waals surface area contributed by atoms with E-state index in [4.69, 9.17) is 5.73 Å². The first-order valence-electron chi connectivity index (χ1n) is 5.63. The van der Waals surface area contributed by atoms with Gasteiger partial charge in [-0.2, -0.15) is 11.8 Å². The molecule has 2 N–H and O–H groups in total. The number of aryl methyl sites for hydroxylation is 2. The Kier molecular flexibility index (Phi) is 3.99. The third-order valence-corrected chi connectivity index (χ3v) is 4.43. The number of hydrogen-bond acceptors (Lipinski definition) is 3. The molecule has 5 heteroatoms. The molecule has 0 radical (unpaired) electrons. The zero-order valence-electron chi connectivity index (χ0n) is 10.0. The van der Waals surface area contributed by atoms with Crippen molar-refractivity contribution in [2.24, 2.45) is 0 Å². The molecule has 0 spiro atoms. The number of hydrogen-bond donors (Lipinski definition) is 1. The number of fused-ring (bicyclic) bond motifs is 1. The summed E-state index contributed by atoms with van der Waals surface area (Å²) >= 11 is 5.43. The van der Waals surface area contributed by atoms with Crippen molar-refractivity contribution in [3.63, 3.8) is 0 Å². The van der Waals surface area contributed by atoms with Gasteiger partial charge in [-0.25, -0.2) is 4.98 Å². The second kappa shape index (κ2) is 5.31. The molecule has 2 aromatic heterocycles. The maximum absolute atomic E-state index is 6.11. The summed E-state index contributed by atoms with van der Waals surface area (Å²) in [5, 5.41) is 0. The number of imidazole rings is 1. The summed E-state index contributed by atoms with van der Waals surface area (Å²) in [4.78, 5) is 4.59. The van der Waals surface area contributed by atoms with E-state index in [0.717, 1.165) is 39.6 Å². The summed E-state index contributed by atoms with van der Waals surface area (Å²) in [5.41, 5.74) is 9.22. The lowest BCUT2D eigenvalue weighted by molar-refractivity contribution is 1.09. The standard InChI is InChI=1S/C12H16BrN3S/c1-3-17-5-4-10-12(14)16-7-9(13)8(2)6-11(16)15-10/h6-7H,3-5,14H2,1-2H3. The van der Waals surface area contributed by atoms with Crippen LogP contribution in [0.4, 0.5) is 5.82 Å². The second-order valence-corrected chi connectivity index (χ2v) is 6.17. The molecule has 0 atom stereocenters. The highest BCUT2D eigenvalue weighted by Crippen LogP contribution is 2.22. The predicted molar refractivity (Wildman–Crippen MR) is 78.7 cm³/mol. The van der Waals surface area contributed by atoms with Crippen molar-refractivity contribution in [1.82, 2.24) is 9.38 Å². The molecule has 3 nitrogen and oxygen atoms in total. The average Bonchev–Trinajstić information content (AvgIpc) is 2.58. The number of nitrogens with zero attached hydrogens (tertiary/aromatic N) is 2. The van der Waals surface area contributed by atoms with Gasteiger partial charge in [0.1, 0.15) is 11.5 Å². The molecule has 2 aromatic rings. The molecule has 0 aromatic carbocycles. The van der Waals surface area contributed by atoms with Crippen LogP contribution in [0.5, 0.6) is 0 Å². The van der Waals surface area contributed by atoms with Crippen LogP contribution in [-0.2, 0) is 6.42 Å². The topological polar surface area (TPSA) is 43.3 Å². The Morgan fingerprint density at radius 3 is 3.00 bits per heavy atom. The maximum Gasteiger partial charge on any atom is 0.139 e. The lowest BCUT2D eigenvalue weighted by Crippen LogP contribution is -1.98. The van der Waals surface area contributed by atoms with Gasteiger partial charge < -0.3 is 5.73 Å². The molecule has 0 saturated heterocycles. The molecule has 0 aliphatic rings. The number of pyridine rings is 1. The van der Waals surface area contributed by atoms with E-state index in [1.54, 1.807) is 0 Å². The van der Waals surface area contributed by atoms with E-state index in [1.165, 1.54) is 5.56 Å². The van der Waals surface area contributed by atoms with Gasteiger partial charge in [0.05, 0.1) is 5.69 Å². The monoisotopic (exact) mass is 313 g/mol. The number of thioether (sulfide) groups is 1. The number of anilines is 1. The van der Waals surface area contributed by atoms with E-state index in [-0.39, 0.29) is 0 Å². The highest BCUT2D eigenvalue weighted by atomic mass is 79.9.